The fraction of sp³-hybridized carbons (Fsp3) is 0.571. The van der Waals surface area contributed by atoms with Crippen molar-refractivity contribution in [2.45, 2.75) is 26.2 Å². The molecule has 0 radical (unpaired) electrons. The van der Waals surface area contributed by atoms with Crippen molar-refractivity contribution in [2.75, 3.05) is 18.8 Å². The van der Waals surface area contributed by atoms with E-state index in [1.807, 2.05) is 6.92 Å². The van der Waals surface area contributed by atoms with Crippen molar-refractivity contribution in [3.63, 3.8) is 0 Å². The maximum absolute atomic E-state index is 12.2. The summed E-state index contributed by atoms with van der Waals surface area (Å²) < 4.78 is 26.5. The first-order valence-electron chi connectivity index (χ1n) is 7.67. The lowest BCUT2D eigenvalue weighted by atomic mass is 9.99. The number of sulfonamides is 1. The van der Waals surface area contributed by atoms with Crippen LogP contribution < -0.4 is 10.9 Å². The van der Waals surface area contributed by atoms with Crippen molar-refractivity contribution in [1.29, 1.82) is 0 Å². The van der Waals surface area contributed by atoms with Gasteiger partial charge in [-0.3, -0.25) is 20.4 Å². The zero-order chi connectivity index (χ0) is 17.7. The fourth-order valence-electron chi connectivity index (χ4n) is 2.51. The normalized spacial score (nSPS) is 19.0. The van der Waals surface area contributed by atoms with E-state index >= 15 is 0 Å². The number of piperidine rings is 1. The lowest BCUT2D eigenvalue weighted by Gasteiger charge is -2.31. The maximum Gasteiger partial charge on any atom is 0.279 e. The Morgan fingerprint density at radius 2 is 2.12 bits per heavy atom. The van der Waals surface area contributed by atoms with Crippen molar-refractivity contribution in [1.82, 2.24) is 15.2 Å². The number of rotatable bonds is 5. The molecule has 0 aliphatic carbocycles. The second-order valence-electron chi connectivity index (χ2n) is 5.56. The van der Waals surface area contributed by atoms with E-state index in [0.29, 0.717) is 30.7 Å². The molecule has 2 amide bonds. The van der Waals surface area contributed by atoms with Crippen molar-refractivity contribution >= 4 is 49.1 Å². The van der Waals surface area contributed by atoms with Crippen LogP contribution in [0.25, 0.3) is 0 Å². The summed E-state index contributed by atoms with van der Waals surface area (Å²) in [4.78, 5) is 24.6. The monoisotopic (exact) mass is 437 g/mol. The summed E-state index contributed by atoms with van der Waals surface area (Å²) in [6.07, 6.45) is 1.78. The second kappa shape index (κ2) is 8.41. The molecule has 24 heavy (non-hydrogen) atoms. The number of hydrazine groups is 1. The Kier molecular flexibility index (Phi) is 6.79. The van der Waals surface area contributed by atoms with Crippen LogP contribution in [0.4, 0.5) is 0 Å². The number of hydrogen-bond acceptors (Lipinski definition) is 5. The molecule has 1 unspecified atom stereocenters. The smallest absolute Gasteiger partial charge is 0.273 e. The largest absolute Gasteiger partial charge is 0.279 e. The first-order valence-corrected chi connectivity index (χ1v) is 10.9. The highest BCUT2D eigenvalue weighted by Crippen LogP contribution is 2.22. The van der Waals surface area contributed by atoms with Gasteiger partial charge in [0.2, 0.25) is 15.9 Å². The van der Waals surface area contributed by atoms with E-state index in [0.717, 1.165) is 3.79 Å². The molecule has 1 aliphatic heterocycles. The SMILES string of the molecule is CCCS(=O)(=O)N1CCCC(C(=O)NNC(=O)c2ccc(Br)s2)C1. The van der Waals surface area contributed by atoms with Crippen LogP contribution in [0, 0.1) is 5.92 Å². The molecule has 134 valence electrons. The number of nitrogens with zero attached hydrogens (tertiary/aromatic N) is 1. The number of nitrogens with one attached hydrogen (secondary N) is 2. The van der Waals surface area contributed by atoms with E-state index in [4.69, 9.17) is 0 Å². The van der Waals surface area contributed by atoms with Crippen LogP contribution in [-0.2, 0) is 14.8 Å². The predicted molar refractivity (Wildman–Crippen MR) is 96.0 cm³/mol. The molecule has 1 aromatic rings. The lowest BCUT2D eigenvalue weighted by molar-refractivity contribution is -0.126. The molecule has 2 rings (SSSR count). The summed E-state index contributed by atoms with van der Waals surface area (Å²) in [5.41, 5.74) is 4.77. The minimum Gasteiger partial charge on any atom is -0.273 e. The standard InChI is InChI=1S/C14H20BrN3O4S2/c1-2-8-24(21,22)18-7-3-4-10(9-18)13(19)16-17-14(20)11-5-6-12(15)23-11/h5-6,10H,2-4,7-9H2,1H3,(H,16,19)(H,17,20). The Morgan fingerprint density at radius 1 is 1.38 bits per heavy atom. The summed E-state index contributed by atoms with van der Waals surface area (Å²) in [7, 11) is -3.31. The van der Waals surface area contributed by atoms with Crippen molar-refractivity contribution in [3.05, 3.63) is 20.8 Å². The molecule has 1 atom stereocenters. The maximum atomic E-state index is 12.2. The van der Waals surface area contributed by atoms with Gasteiger partial charge in [0.05, 0.1) is 20.3 Å². The molecule has 0 saturated carbocycles. The summed E-state index contributed by atoms with van der Waals surface area (Å²) in [5, 5.41) is 0. The van der Waals surface area contributed by atoms with E-state index in [1.54, 1.807) is 12.1 Å². The van der Waals surface area contributed by atoms with Gasteiger partial charge in [-0.25, -0.2) is 12.7 Å². The number of carbonyl (C=O) groups excluding carboxylic acids is 2. The molecular formula is C14H20BrN3O4S2. The van der Waals surface area contributed by atoms with Gasteiger partial charge in [-0.2, -0.15) is 0 Å². The number of amides is 2. The minimum atomic E-state index is -3.31. The highest BCUT2D eigenvalue weighted by atomic mass is 79.9. The van der Waals surface area contributed by atoms with Gasteiger partial charge in [0, 0.05) is 13.1 Å². The Morgan fingerprint density at radius 3 is 2.75 bits per heavy atom. The molecule has 1 saturated heterocycles. The molecule has 1 fully saturated rings. The molecule has 10 heteroatoms. The number of thiophene rings is 1. The average Bonchev–Trinajstić information content (AvgIpc) is 2.99. The summed E-state index contributed by atoms with van der Waals surface area (Å²) in [6.45, 7) is 2.42. The van der Waals surface area contributed by atoms with Gasteiger partial charge in [0.25, 0.3) is 5.91 Å². The molecule has 1 aliphatic rings. The van der Waals surface area contributed by atoms with Gasteiger partial charge in [-0.05, 0) is 47.3 Å². The molecule has 2 heterocycles. The highest BCUT2D eigenvalue weighted by Gasteiger charge is 2.32. The Labute approximate surface area is 153 Å². The van der Waals surface area contributed by atoms with E-state index < -0.39 is 21.8 Å². The molecule has 0 bridgehead atoms. The number of carbonyl (C=O) groups is 2. The van der Waals surface area contributed by atoms with Crippen molar-refractivity contribution in [3.8, 4) is 0 Å². The Balaban J connectivity index is 1.89. The first-order chi connectivity index (χ1) is 11.3. The minimum absolute atomic E-state index is 0.0886. The Hall–Kier alpha value is -0.970. The second-order valence-corrected chi connectivity index (χ2v) is 10.1. The van der Waals surface area contributed by atoms with Crippen LogP contribution >= 0.6 is 27.3 Å². The van der Waals surface area contributed by atoms with E-state index in [-0.39, 0.29) is 18.2 Å². The van der Waals surface area contributed by atoms with Crippen LogP contribution in [0.2, 0.25) is 0 Å². The molecule has 0 aromatic carbocycles. The van der Waals surface area contributed by atoms with E-state index in [1.165, 1.54) is 15.6 Å². The topological polar surface area (TPSA) is 95.6 Å². The van der Waals surface area contributed by atoms with Gasteiger partial charge in [0.15, 0.2) is 0 Å². The van der Waals surface area contributed by atoms with E-state index in [2.05, 4.69) is 26.8 Å². The zero-order valence-corrected chi connectivity index (χ0v) is 16.5. The molecule has 2 N–H and O–H groups in total. The van der Waals surface area contributed by atoms with Crippen molar-refractivity contribution < 1.29 is 18.0 Å². The van der Waals surface area contributed by atoms with Crippen LogP contribution in [0.15, 0.2) is 15.9 Å². The third-order valence-electron chi connectivity index (χ3n) is 3.71. The van der Waals surface area contributed by atoms with Crippen LogP contribution in [0.1, 0.15) is 35.9 Å². The molecule has 7 nitrogen and oxygen atoms in total. The lowest BCUT2D eigenvalue weighted by Crippen LogP contribution is -2.50. The predicted octanol–water partition coefficient (Wildman–Crippen LogP) is 1.72. The Bertz CT molecular complexity index is 705. The fourth-order valence-corrected chi connectivity index (χ4v) is 5.38. The van der Waals surface area contributed by atoms with Crippen LogP contribution in [0.3, 0.4) is 0 Å². The third-order valence-corrected chi connectivity index (χ3v) is 7.37. The average molecular weight is 438 g/mol. The van der Waals surface area contributed by atoms with Gasteiger partial charge in [0.1, 0.15) is 0 Å². The van der Waals surface area contributed by atoms with Gasteiger partial charge in [-0.15, -0.1) is 11.3 Å². The zero-order valence-electron chi connectivity index (χ0n) is 13.2. The quantitative estimate of drug-likeness (QED) is 0.685. The number of hydrogen-bond donors (Lipinski definition) is 2. The van der Waals surface area contributed by atoms with E-state index in [9.17, 15) is 18.0 Å². The van der Waals surface area contributed by atoms with Crippen LogP contribution in [0.5, 0.6) is 0 Å². The summed E-state index contributed by atoms with van der Waals surface area (Å²) in [6, 6.07) is 3.40. The molecule has 0 spiro atoms. The first kappa shape index (κ1) is 19.4. The third kappa shape index (κ3) is 5.01. The van der Waals surface area contributed by atoms with Gasteiger partial charge >= 0.3 is 0 Å². The highest BCUT2D eigenvalue weighted by molar-refractivity contribution is 9.11. The molecular weight excluding hydrogens is 418 g/mol. The van der Waals surface area contributed by atoms with Gasteiger partial charge in [-0.1, -0.05) is 6.92 Å². The number of halogens is 1. The summed E-state index contributed by atoms with van der Waals surface area (Å²) >= 11 is 4.53. The van der Waals surface area contributed by atoms with Gasteiger partial charge < -0.3 is 0 Å². The van der Waals surface area contributed by atoms with Crippen molar-refractivity contribution in [2.24, 2.45) is 5.92 Å². The van der Waals surface area contributed by atoms with Crippen LogP contribution in [-0.4, -0.2) is 43.4 Å². The summed E-state index contributed by atoms with van der Waals surface area (Å²) in [5.74, 6) is -1.13. The molecule has 1 aromatic heterocycles.